The molecular weight excluding hydrogens is 411 g/mol. The van der Waals surface area contributed by atoms with Gasteiger partial charge in [0.1, 0.15) is 0 Å². The molecular formula is C16H13IN2O2S. The van der Waals surface area contributed by atoms with Gasteiger partial charge in [-0.1, -0.05) is 12.1 Å². The quantitative estimate of drug-likeness (QED) is 0.739. The van der Waals surface area contributed by atoms with E-state index in [-0.39, 0.29) is 18.2 Å². The van der Waals surface area contributed by atoms with Gasteiger partial charge in [0.05, 0.1) is 10.9 Å². The van der Waals surface area contributed by atoms with Crippen LogP contribution in [0.3, 0.4) is 0 Å². The van der Waals surface area contributed by atoms with E-state index >= 15 is 0 Å². The van der Waals surface area contributed by atoms with Gasteiger partial charge >= 0.3 is 0 Å². The smallest absolute Gasteiger partial charge is 0.238 e. The number of halogens is 1. The van der Waals surface area contributed by atoms with Gasteiger partial charge in [0.15, 0.2) is 0 Å². The predicted molar refractivity (Wildman–Crippen MR) is 97.1 cm³/mol. The number of para-hydroxylation sites is 1. The minimum absolute atomic E-state index is 0.124. The lowest BCUT2D eigenvalue weighted by Crippen LogP contribution is -2.32. The van der Waals surface area contributed by atoms with Crippen LogP contribution < -0.4 is 10.6 Å². The predicted octanol–water partition coefficient (Wildman–Crippen LogP) is 3.73. The van der Waals surface area contributed by atoms with Crippen LogP contribution in [0.4, 0.5) is 11.4 Å². The molecule has 22 heavy (non-hydrogen) atoms. The summed E-state index contributed by atoms with van der Waals surface area (Å²) in [4.78, 5) is 25.2. The molecule has 0 bridgehead atoms. The standard InChI is InChI=1S/C16H13IN2O2S/c17-10-5-7-11(8-6-10)18-15(20)9-14-16(21)19-12-3-1-2-4-13(12)22-14/h1-8,14H,9H2,(H,18,20)(H,19,21)/t14-/m0/s1. The van der Waals surface area contributed by atoms with Crippen molar-refractivity contribution in [3.63, 3.8) is 0 Å². The zero-order valence-electron chi connectivity index (χ0n) is 11.5. The molecule has 1 aliphatic heterocycles. The number of benzene rings is 2. The fraction of sp³-hybridized carbons (Fsp3) is 0.125. The Morgan fingerprint density at radius 3 is 2.68 bits per heavy atom. The average molecular weight is 424 g/mol. The topological polar surface area (TPSA) is 58.2 Å². The molecule has 0 aliphatic carbocycles. The normalized spacial score (nSPS) is 16.6. The van der Waals surface area contributed by atoms with Gasteiger partial charge < -0.3 is 10.6 Å². The Balaban J connectivity index is 1.64. The van der Waals surface area contributed by atoms with Crippen LogP contribution in [0, 0.1) is 3.57 Å². The van der Waals surface area contributed by atoms with Crippen LogP contribution in [-0.2, 0) is 9.59 Å². The summed E-state index contributed by atoms with van der Waals surface area (Å²) in [5.74, 6) is -0.283. The van der Waals surface area contributed by atoms with Gasteiger partial charge in [-0.2, -0.15) is 0 Å². The second-order valence-corrected chi connectivity index (χ2v) is 7.34. The molecule has 0 spiro atoms. The maximum atomic E-state index is 12.1. The molecule has 0 aromatic heterocycles. The van der Waals surface area contributed by atoms with Crippen LogP contribution in [0.1, 0.15) is 6.42 Å². The Morgan fingerprint density at radius 2 is 1.91 bits per heavy atom. The number of fused-ring (bicyclic) bond motifs is 1. The molecule has 4 nitrogen and oxygen atoms in total. The molecule has 0 saturated carbocycles. The number of hydrogen-bond acceptors (Lipinski definition) is 3. The van der Waals surface area contributed by atoms with Gasteiger partial charge in [-0.25, -0.2) is 0 Å². The highest BCUT2D eigenvalue weighted by Crippen LogP contribution is 2.36. The number of nitrogens with one attached hydrogen (secondary N) is 2. The zero-order chi connectivity index (χ0) is 15.5. The van der Waals surface area contributed by atoms with Crippen molar-refractivity contribution in [1.82, 2.24) is 0 Å². The molecule has 2 N–H and O–H groups in total. The average Bonchev–Trinajstić information content (AvgIpc) is 2.50. The Kier molecular flexibility index (Phi) is 4.68. The molecule has 0 fully saturated rings. The summed E-state index contributed by atoms with van der Waals surface area (Å²) < 4.78 is 1.11. The van der Waals surface area contributed by atoms with Gasteiger partial charge in [0.25, 0.3) is 0 Å². The fourth-order valence-electron chi connectivity index (χ4n) is 2.14. The van der Waals surface area contributed by atoms with Crippen molar-refractivity contribution in [2.24, 2.45) is 0 Å². The van der Waals surface area contributed by atoms with Crippen LogP contribution in [0.25, 0.3) is 0 Å². The van der Waals surface area contributed by atoms with Crippen molar-refractivity contribution < 1.29 is 9.59 Å². The summed E-state index contributed by atoms with van der Waals surface area (Å²) >= 11 is 3.64. The number of hydrogen-bond donors (Lipinski definition) is 2. The van der Waals surface area contributed by atoms with E-state index < -0.39 is 5.25 Å². The third-order valence-corrected chi connectivity index (χ3v) is 5.20. The van der Waals surface area contributed by atoms with Crippen LogP contribution in [0.5, 0.6) is 0 Å². The Labute approximate surface area is 146 Å². The van der Waals surface area contributed by atoms with E-state index in [4.69, 9.17) is 0 Å². The zero-order valence-corrected chi connectivity index (χ0v) is 14.5. The summed E-state index contributed by atoms with van der Waals surface area (Å²) in [5, 5.41) is 5.27. The highest BCUT2D eigenvalue weighted by Gasteiger charge is 2.28. The van der Waals surface area contributed by atoms with Gasteiger partial charge in [-0.05, 0) is 59.0 Å². The first-order chi connectivity index (χ1) is 10.6. The molecule has 0 unspecified atom stereocenters. The lowest BCUT2D eigenvalue weighted by Gasteiger charge is -2.23. The Bertz CT molecular complexity index is 718. The SMILES string of the molecule is O=C(C[C@@H]1Sc2ccccc2NC1=O)Nc1ccc(I)cc1. The highest BCUT2D eigenvalue weighted by atomic mass is 127. The molecule has 1 heterocycles. The minimum Gasteiger partial charge on any atom is -0.326 e. The minimum atomic E-state index is -0.404. The van der Waals surface area contributed by atoms with Gasteiger partial charge in [0.2, 0.25) is 11.8 Å². The maximum Gasteiger partial charge on any atom is 0.238 e. The summed E-state index contributed by atoms with van der Waals surface area (Å²) in [5.41, 5.74) is 1.55. The van der Waals surface area contributed by atoms with Crippen LogP contribution in [0.2, 0.25) is 0 Å². The number of amides is 2. The Morgan fingerprint density at radius 1 is 1.18 bits per heavy atom. The van der Waals surface area contributed by atoms with Gasteiger partial charge in [0, 0.05) is 20.6 Å². The molecule has 2 amide bonds. The Hall–Kier alpha value is -1.54. The molecule has 2 aromatic rings. The lowest BCUT2D eigenvalue weighted by atomic mass is 10.2. The molecule has 0 saturated heterocycles. The largest absolute Gasteiger partial charge is 0.326 e. The van der Waals surface area contributed by atoms with Crippen molar-refractivity contribution in [3.8, 4) is 0 Å². The van der Waals surface area contributed by atoms with Crippen LogP contribution in [-0.4, -0.2) is 17.1 Å². The molecule has 3 rings (SSSR count). The van der Waals surface area contributed by atoms with Crippen LogP contribution >= 0.6 is 34.4 Å². The summed E-state index contributed by atoms with van der Waals surface area (Å²) in [7, 11) is 0. The molecule has 0 radical (unpaired) electrons. The first-order valence-corrected chi connectivity index (χ1v) is 8.69. The lowest BCUT2D eigenvalue weighted by molar-refractivity contribution is -0.120. The third kappa shape index (κ3) is 3.61. The summed E-state index contributed by atoms with van der Waals surface area (Å²) in [6.45, 7) is 0. The van der Waals surface area contributed by atoms with E-state index in [1.807, 2.05) is 48.5 Å². The maximum absolute atomic E-state index is 12.1. The number of thioether (sulfide) groups is 1. The molecule has 112 valence electrons. The van der Waals surface area contributed by atoms with Gasteiger partial charge in [-0.3, -0.25) is 9.59 Å². The van der Waals surface area contributed by atoms with Crippen molar-refractivity contribution in [2.45, 2.75) is 16.6 Å². The molecule has 6 heteroatoms. The van der Waals surface area contributed by atoms with Crippen molar-refractivity contribution in [2.75, 3.05) is 10.6 Å². The fourth-order valence-corrected chi connectivity index (χ4v) is 3.61. The van der Waals surface area contributed by atoms with E-state index in [2.05, 4.69) is 33.2 Å². The van der Waals surface area contributed by atoms with Crippen molar-refractivity contribution >= 4 is 57.5 Å². The monoisotopic (exact) mass is 424 g/mol. The molecule has 2 aromatic carbocycles. The second kappa shape index (κ2) is 6.70. The molecule has 1 aliphatic rings. The second-order valence-electron chi connectivity index (χ2n) is 4.85. The number of carbonyl (C=O) groups is 2. The highest BCUT2D eigenvalue weighted by molar-refractivity contribution is 14.1. The van der Waals surface area contributed by atoms with E-state index in [1.165, 1.54) is 11.8 Å². The number of anilines is 2. The van der Waals surface area contributed by atoms with E-state index in [0.29, 0.717) is 0 Å². The number of carbonyl (C=O) groups excluding carboxylic acids is 2. The van der Waals surface area contributed by atoms with E-state index in [9.17, 15) is 9.59 Å². The van der Waals surface area contributed by atoms with Crippen molar-refractivity contribution in [1.29, 1.82) is 0 Å². The van der Waals surface area contributed by atoms with Crippen LogP contribution in [0.15, 0.2) is 53.4 Å². The summed E-state index contributed by atoms with van der Waals surface area (Å²) in [6.07, 6.45) is 0.150. The van der Waals surface area contributed by atoms with E-state index in [0.717, 1.165) is 19.8 Å². The molecule has 1 atom stereocenters. The first-order valence-electron chi connectivity index (χ1n) is 6.74. The number of rotatable bonds is 3. The first kappa shape index (κ1) is 15.4. The summed E-state index contributed by atoms with van der Waals surface area (Å²) in [6, 6.07) is 15.2. The van der Waals surface area contributed by atoms with E-state index in [1.54, 1.807) is 0 Å². The van der Waals surface area contributed by atoms with Crippen molar-refractivity contribution in [3.05, 3.63) is 52.1 Å². The van der Waals surface area contributed by atoms with Gasteiger partial charge in [-0.15, -0.1) is 11.8 Å². The third-order valence-electron chi connectivity index (χ3n) is 3.21.